The molecular formula is C18H22O2. The van der Waals surface area contributed by atoms with Crippen molar-refractivity contribution in [1.29, 1.82) is 0 Å². The van der Waals surface area contributed by atoms with E-state index in [-0.39, 0.29) is 0 Å². The van der Waals surface area contributed by atoms with Crippen molar-refractivity contribution >= 4 is 0 Å². The molecule has 0 aliphatic rings. The van der Waals surface area contributed by atoms with Crippen LogP contribution in [0.15, 0.2) is 54.6 Å². The van der Waals surface area contributed by atoms with Crippen LogP contribution in [-0.4, -0.2) is 17.8 Å². The van der Waals surface area contributed by atoms with Gasteiger partial charge in [-0.15, -0.1) is 0 Å². The molecule has 1 unspecified atom stereocenters. The van der Waals surface area contributed by atoms with E-state index in [0.29, 0.717) is 6.42 Å². The molecule has 0 radical (unpaired) electrons. The number of hydrogen-bond acceptors (Lipinski definition) is 2. The number of aliphatic hydroxyl groups is 1. The van der Waals surface area contributed by atoms with Crippen molar-refractivity contribution in [2.24, 2.45) is 0 Å². The minimum Gasteiger partial charge on any atom is -0.497 e. The van der Waals surface area contributed by atoms with E-state index in [4.69, 9.17) is 4.74 Å². The average Bonchev–Trinajstić information content (AvgIpc) is 2.46. The van der Waals surface area contributed by atoms with Crippen LogP contribution in [0.5, 0.6) is 5.75 Å². The molecular weight excluding hydrogens is 248 g/mol. The van der Waals surface area contributed by atoms with Crippen molar-refractivity contribution in [3.05, 3.63) is 65.7 Å². The largest absolute Gasteiger partial charge is 0.497 e. The first-order chi connectivity index (χ1) is 9.59. The zero-order valence-corrected chi connectivity index (χ0v) is 12.2. The van der Waals surface area contributed by atoms with Gasteiger partial charge in [-0.05, 0) is 43.0 Å². The van der Waals surface area contributed by atoms with Gasteiger partial charge in [-0.2, -0.15) is 0 Å². The molecule has 106 valence electrons. The molecule has 2 heteroatoms. The lowest BCUT2D eigenvalue weighted by Crippen LogP contribution is -2.27. The van der Waals surface area contributed by atoms with Crippen molar-refractivity contribution < 1.29 is 9.84 Å². The van der Waals surface area contributed by atoms with Crippen molar-refractivity contribution in [3.8, 4) is 5.75 Å². The molecule has 0 aromatic heterocycles. The normalized spacial score (nSPS) is 13.8. The Morgan fingerprint density at radius 3 is 2.20 bits per heavy atom. The van der Waals surface area contributed by atoms with Crippen LogP contribution in [-0.2, 0) is 12.8 Å². The molecule has 0 aliphatic carbocycles. The third-order valence-electron chi connectivity index (χ3n) is 3.54. The lowest BCUT2D eigenvalue weighted by atomic mass is 9.90. The Bertz CT molecular complexity index is 515. The van der Waals surface area contributed by atoms with Gasteiger partial charge in [0.2, 0.25) is 0 Å². The van der Waals surface area contributed by atoms with Gasteiger partial charge in [0.15, 0.2) is 0 Å². The van der Waals surface area contributed by atoms with E-state index in [1.807, 2.05) is 37.3 Å². The van der Waals surface area contributed by atoms with Gasteiger partial charge < -0.3 is 9.84 Å². The second-order valence-corrected chi connectivity index (χ2v) is 5.51. The van der Waals surface area contributed by atoms with Crippen LogP contribution in [0.3, 0.4) is 0 Å². The van der Waals surface area contributed by atoms with Crippen molar-refractivity contribution in [2.45, 2.75) is 31.8 Å². The summed E-state index contributed by atoms with van der Waals surface area (Å²) in [6.07, 6.45) is 2.29. The second-order valence-electron chi connectivity index (χ2n) is 5.51. The van der Waals surface area contributed by atoms with E-state index in [1.54, 1.807) is 7.11 Å². The first-order valence-electron chi connectivity index (χ1n) is 6.98. The molecule has 20 heavy (non-hydrogen) atoms. The first-order valence-corrected chi connectivity index (χ1v) is 6.98. The SMILES string of the molecule is COc1ccc(CCC(C)(O)Cc2ccccc2)cc1. The summed E-state index contributed by atoms with van der Waals surface area (Å²) >= 11 is 0. The highest BCUT2D eigenvalue weighted by Gasteiger charge is 2.20. The molecule has 2 rings (SSSR count). The van der Waals surface area contributed by atoms with Gasteiger partial charge >= 0.3 is 0 Å². The third kappa shape index (κ3) is 4.39. The summed E-state index contributed by atoms with van der Waals surface area (Å²) in [6.45, 7) is 1.91. The number of benzene rings is 2. The fourth-order valence-electron chi connectivity index (χ4n) is 2.33. The summed E-state index contributed by atoms with van der Waals surface area (Å²) in [4.78, 5) is 0. The number of methoxy groups -OCH3 is 1. The fourth-order valence-corrected chi connectivity index (χ4v) is 2.33. The molecule has 0 amide bonds. The van der Waals surface area contributed by atoms with Gasteiger partial charge in [0.05, 0.1) is 12.7 Å². The lowest BCUT2D eigenvalue weighted by molar-refractivity contribution is 0.0516. The first kappa shape index (κ1) is 14.6. The van der Waals surface area contributed by atoms with Crippen molar-refractivity contribution in [2.75, 3.05) is 7.11 Å². The van der Waals surface area contributed by atoms with Gasteiger partial charge in [0, 0.05) is 6.42 Å². The van der Waals surface area contributed by atoms with E-state index < -0.39 is 5.60 Å². The number of aryl methyl sites for hydroxylation is 1. The number of ether oxygens (including phenoxy) is 1. The molecule has 0 spiro atoms. The summed E-state index contributed by atoms with van der Waals surface area (Å²) in [5.74, 6) is 0.866. The van der Waals surface area contributed by atoms with Crippen molar-refractivity contribution in [3.63, 3.8) is 0 Å². The Morgan fingerprint density at radius 1 is 0.950 bits per heavy atom. The number of rotatable bonds is 6. The minimum absolute atomic E-state index is 0.679. The lowest BCUT2D eigenvalue weighted by Gasteiger charge is -2.23. The minimum atomic E-state index is -0.679. The summed E-state index contributed by atoms with van der Waals surface area (Å²) in [7, 11) is 1.67. The summed E-state index contributed by atoms with van der Waals surface area (Å²) in [5.41, 5.74) is 1.72. The highest BCUT2D eigenvalue weighted by molar-refractivity contribution is 5.27. The second kappa shape index (κ2) is 6.58. The summed E-state index contributed by atoms with van der Waals surface area (Å²) in [6, 6.07) is 18.2. The predicted octanol–water partition coefficient (Wildman–Crippen LogP) is 3.62. The predicted molar refractivity (Wildman–Crippen MR) is 82.1 cm³/mol. The maximum absolute atomic E-state index is 10.5. The van der Waals surface area contributed by atoms with Crippen molar-refractivity contribution in [1.82, 2.24) is 0 Å². The van der Waals surface area contributed by atoms with Crippen LogP contribution in [0.2, 0.25) is 0 Å². The standard InChI is InChI=1S/C18H22O2/c1-18(19,14-16-6-4-3-5-7-16)13-12-15-8-10-17(20-2)11-9-15/h3-11,19H,12-14H2,1-2H3. The van der Waals surface area contributed by atoms with Crippen LogP contribution < -0.4 is 4.74 Å². The van der Waals surface area contributed by atoms with Gasteiger partial charge in [-0.3, -0.25) is 0 Å². The molecule has 0 aliphatic heterocycles. The Kier molecular flexibility index (Phi) is 4.80. The fraction of sp³-hybridized carbons (Fsp3) is 0.333. The van der Waals surface area contributed by atoms with E-state index in [1.165, 1.54) is 11.1 Å². The quantitative estimate of drug-likeness (QED) is 0.868. The Labute approximate surface area is 121 Å². The zero-order valence-electron chi connectivity index (χ0n) is 12.2. The Hall–Kier alpha value is -1.80. The van der Waals surface area contributed by atoms with Crippen LogP contribution in [0.4, 0.5) is 0 Å². The molecule has 2 aromatic carbocycles. The van der Waals surface area contributed by atoms with Crippen LogP contribution in [0, 0.1) is 0 Å². The summed E-state index contributed by atoms with van der Waals surface area (Å²) < 4.78 is 5.14. The van der Waals surface area contributed by atoms with Gasteiger partial charge in [0.25, 0.3) is 0 Å². The van der Waals surface area contributed by atoms with Crippen LogP contribution in [0.1, 0.15) is 24.5 Å². The molecule has 1 atom stereocenters. The highest BCUT2D eigenvalue weighted by Crippen LogP contribution is 2.20. The topological polar surface area (TPSA) is 29.5 Å². The van der Waals surface area contributed by atoms with E-state index in [2.05, 4.69) is 24.3 Å². The molecule has 0 saturated heterocycles. The monoisotopic (exact) mass is 270 g/mol. The highest BCUT2D eigenvalue weighted by atomic mass is 16.5. The van der Waals surface area contributed by atoms with E-state index >= 15 is 0 Å². The molecule has 2 aromatic rings. The zero-order chi connectivity index (χ0) is 14.4. The maximum atomic E-state index is 10.5. The van der Waals surface area contributed by atoms with Crippen LogP contribution in [0.25, 0.3) is 0 Å². The smallest absolute Gasteiger partial charge is 0.118 e. The summed E-state index contributed by atoms with van der Waals surface area (Å²) in [5, 5.41) is 10.5. The van der Waals surface area contributed by atoms with E-state index in [9.17, 15) is 5.11 Å². The molecule has 0 bridgehead atoms. The molecule has 2 nitrogen and oxygen atoms in total. The molecule has 1 N–H and O–H groups in total. The van der Waals surface area contributed by atoms with Gasteiger partial charge in [-0.1, -0.05) is 42.5 Å². The Morgan fingerprint density at radius 2 is 1.60 bits per heavy atom. The maximum Gasteiger partial charge on any atom is 0.118 e. The van der Waals surface area contributed by atoms with Gasteiger partial charge in [-0.25, -0.2) is 0 Å². The average molecular weight is 270 g/mol. The Balaban J connectivity index is 1.91. The van der Waals surface area contributed by atoms with Gasteiger partial charge in [0.1, 0.15) is 5.75 Å². The molecule has 0 fully saturated rings. The number of hydrogen-bond donors (Lipinski definition) is 1. The van der Waals surface area contributed by atoms with E-state index in [0.717, 1.165) is 18.6 Å². The molecule has 0 saturated carbocycles. The molecule has 0 heterocycles. The third-order valence-corrected chi connectivity index (χ3v) is 3.54. The van der Waals surface area contributed by atoms with Crippen LogP contribution >= 0.6 is 0 Å².